The van der Waals surface area contributed by atoms with Gasteiger partial charge in [-0.25, -0.2) is 9.59 Å². The van der Waals surface area contributed by atoms with Gasteiger partial charge in [0.1, 0.15) is 0 Å². The van der Waals surface area contributed by atoms with Gasteiger partial charge in [-0.1, -0.05) is 33.2 Å². The quantitative estimate of drug-likeness (QED) is 0.431. The number of esters is 2. The molecule has 1 aromatic heterocycles. The molecule has 1 N–H and O–H groups in total. The highest BCUT2D eigenvalue weighted by Crippen LogP contribution is 2.24. The number of likely N-dealkylation sites (tertiary alicyclic amines) is 1. The number of nitrogens with zero attached hydrogens (tertiary/aromatic N) is 3. The number of hydrogen-bond donors (Lipinski definition) is 1. The maximum absolute atomic E-state index is 12.9. The number of carbonyl (C=O) groups is 3. The molecule has 0 spiro atoms. The summed E-state index contributed by atoms with van der Waals surface area (Å²) in [5.74, 6) is -0.585. The summed E-state index contributed by atoms with van der Waals surface area (Å²) in [4.78, 5) is 43.5. The van der Waals surface area contributed by atoms with Gasteiger partial charge in [0.2, 0.25) is 17.6 Å². The lowest BCUT2D eigenvalue weighted by molar-refractivity contribution is -0.121. The Bertz CT molecular complexity index is 1230. The van der Waals surface area contributed by atoms with Crippen LogP contribution in [0.25, 0.3) is 11.4 Å². The Hall–Kier alpha value is -3.57. The van der Waals surface area contributed by atoms with Gasteiger partial charge in [-0.05, 0) is 56.3 Å². The molecule has 2 aromatic carbocycles. The summed E-state index contributed by atoms with van der Waals surface area (Å²) >= 11 is 3.44. The Kier molecular flexibility index (Phi) is 8.11. The molecule has 4 rings (SSSR count). The summed E-state index contributed by atoms with van der Waals surface area (Å²) in [5, 5.41) is 6.89. The summed E-state index contributed by atoms with van der Waals surface area (Å²) in [6, 6.07) is 12.0. The Morgan fingerprint density at radius 3 is 2.33 bits per heavy atom. The molecule has 188 valence electrons. The van der Waals surface area contributed by atoms with Gasteiger partial charge < -0.3 is 19.3 Å². The number of carbonyl (C=O) groups excluding carboxylic acids is 3. The molecule has 0 aliphatic carbocycles. The molecule has 0 bridgehead atoms. The first kappa shape index (κ1) is 25.5. The predicted molar refractivity (Wildman–Crippen MR) is 133 cm³/mol. The third-order valence-corrected chi connectivity index (χ3v) is 6.40. The van der Waals surface area contributed by atoms with Crippen molar-refractivity contribution in [1.29, 1.82) is 0 Å². The van der Waals surface area contributed by atoms with Crippen molar-refractivity contribution in [2.45, 2.75) is 19.4 Å². The largest absolute Gasteiger partial charge is 0.465 e. The highest BCUT2D eigenvalue weighted by molar-refractivity contribution is 9.10. The van der Waals surface area contributed by atoms with Crippen LogP contribution in [0.3, 0.4) is 0 Å². The summed E-state index contributed by atoms with van der Waals surface area (Å²) in [7, 11) is 2.49. The Morgan fingerprint density at radius 2 is 1.72 bits per heavy atom. The van der Waals surface area contributed by atoms with Crippen molar-refractivity contribution >= 4 is 39.5 Å². The maximum Gasteiger partial charge on any atom is 0.337 e. The number of piperidine rings is 1. The molecule has 10 nitrogen and oxygen atoms in total. The van der Waals surface area contributed by atoms with Gasteiger partial charge in [0.05, 0.1) is 31.9 Å². The fourth-order valence-electron chi connectivity index (χ4n) is 4.02. The summed E-state index contributed by atoms with van der Waals surface area (Å²) < 4.78 is 15.8. The van der Waals surface area contributed by atoms with Gasteiger partial charge in [0.15, 0.2) is 0 Å². The van der Waals surface area contributed by atoms with E-state index in [1.54, 1.807) is 0 Å². The second kappa shape index (κ2) is 11.4. The highest BCUT2D eigenvalue weighted by Gasteiger charge is 2.27. The van der Waals surface area contributed by atoms with Crippen LogP contribution < -0.4 is 5.32 Å². The monoisotopic (exact) mass is 556 g/mol. The van der Waals surface area contributed by atoms with Crippen molar-refractivity contribution in [3.8, 4) is 11.4 Å². The van der Waals surface area contributed by atoms with Crippen LogP contribution in [0.1, 0.15) is 39.4 Å². The van der Waals surface area contributed by atoms with Gasteiger partial charge in [0, 0.05) is 21.6 Å². The standard InChI is InChI=1S/C25H25BrN4O6/c1-34-24(32)17-10-18(25(33)35-2)13-20(12-17)27-23(31)15-6-8-30(9-7-15)14-21-28-22(29-36-21)16-4-3-5-19(26)11-16/h3-5,10-13,15H,6-9,14H2,1-2H3,(H,27,31). The second-order valence-corrected chi connectivity index (χ2v) is 9.26. The number of methoxy groups -OCH3 is 2. The van der Waals surface area contributed by atoms with Gasteiger partial charge >= 0.3 is 11.9 Å². The average Bonchev–Trinajstić information content (AvgIpc) is 3.36. The molecular weight excluding hydrogens is 532 g/mol. The molecule has 36 heavy (non-hydrogen) atoms. The van der Waals surface area contributed by atoms with E-state index in [1.165, 1.54) is 32.4 Å². The van der Waals surface area contributed by atoms with Crippen molar-refractivity contribution in [2.75, 3.05) is 32.6 Å². The van der Waals surface area contributed by atoms with Crippen LogP contribution in [0.4, 0.5) is 5.69 Å². The molecule has 1 saturated heterocycles. The van der Waals surface area contributed by atoms with E-state index in [4.69, 9.17) is 14.0 Å². The van der Waals surface area contributed by atoms with Crippen molar-refractivity contribution in [1.82, 2.24) is 15.0 Å². The topological polar surface area (TPSA) is 124 Å². The van der Waals surface area contributed by atoms with Gasteiger partial charge in [-0.2, -0.15) is 4.98 Å². The van der Waals surface area contributed by atoms with Crippen LogP contribution >= 0.6 is 15.9 Å². The number of benzene rings is 2. The van der Waals surface area contributed by atoms with Crippen LogP contribution in [-0.2, 0) is 20.8 Å². The summed E-state index contributed by atoms with van der Waals surface area (Å²) in [5.41, 5.74) is 1.48. The number of anilines is 1. The molecule has 0 radical (unpaired) electrons. The first-order valence-corrected chi connectivity index (χ1v) is 12.1. The summed E-state index contributed by atoms with van der Waals surface area (Å²) in [6.07, 6.45) is 1.28. The van der Waals surface area contributed by atoms with Crippen molar-refractivity contribution in [3.63, 3.8) is 0 Å². The normalized spacial score (nSPS) is 14.3. The third-order valence-electron chi connectivity index (χ3n) is 5.91. The smallest absolute Gasteiger partial charge is 0.337 e. The minimum Gasteiger partial charge on any atom is -0.465 e. The fraction of sp³-hybridized carbons (Fsp3) is 0.320. The number of nitrogens with one attached hydrogen (secondary N) is 1. The van der Waals surface area contributed by atoms with Crippen LogP contribution in [0.2, 0.25) is 0 Å². The third kappa shape index (κ3) is 6.16. The van der Waals surface area contributed by atoms with E-state index < -0.39 is 11.9 Å². The molecular formula is C25H25BrN4O6. The minimum absolute atomic E-state index is 0.146. The highest BCUT2D eigenvalue weighted by atomic mass is 79.9. The predicted octanol–water partition coefficient (Wildman–Crippen LogP) is 3.92. The van der Waals surface area contributed by atoms with E-state index in [1.807, 2.05) is 24.3 Å². The molecule has 2 heterocycles. The number of ether oxygens (including phenoxy) is 2. The molecule has 1 amide bonds. The van der Waals surface area contributed by atoms with Gasteiger partial charge in [0.25, 0.3) is 0 Å². The number of hydrogen-bond acceptors (Lipinski definition) is 9. The minimum atomic E-state index is -0.617. The SMILES string of the molecule is COC(=O)c1cc(NC(=O)C2CCN(Cc3nc(-c4cccc(Br)c4)no3)CC2)cc(C(=O)OC)c1. The second-order valence-electron chi connectivity index (χ2n) is 8.34. The zero-order chi connectivity index (χ0) is 25.7. The lowest BCUT2D eigenvalue weighted by Gasteiger charge is -2.30. The summed E-state index contributed by atoms with van der Waals surface area (Å²) in [6.45, 7) is 1.86. The van der Waals surface area contributed by atoms with E-state index >= 15 is 0 Å². The van der Waals surface area contributed by atoms with E-state index in [0.717, 1.165) is 10.0 Å². The van der Waals surface area contributed by atoms with Gasteiger partial charge in [-0.15, -0.1) is 0 Å². The Labute approximate surface area is 216 Å². The number of aromatic nitrogens is 2. The molecule has 1 fully saturated rings. The lowest BCUT2D eigenvalue weighted by atomic mass is 9.95. The first-order chi connectivity index (χ1) is 17.4. The Balaban J connectivity index is 1.34. The molecule has 1 aliphatic rings. The zero-order valence-corrected chi connectivity index (χ0v) is 21.4. The molecule has 3 aromatic rings. The van der Waals surface area contributed by atoms with Crippen LogP contribution in [0.15, 0.2) is 51.5 Å². The van der Waals surface area contributed by atoms with Crippen LogP contribution in [0, 0.1) is 5.92 Å². The van der Waals surface area contributed by atoms with Crippen molar-refractivity contribution in [2.24, 2.45) is 5.92 Å². The number of halogens is 1. The van der Waals surface area contributed by atoms with Crippen LogP contribution in [-0.4, -0.2) is 60.2 Å². The van der Waals surface area contributed by atoms with E-state index in [2.05, 4.69) is 36.3 Å². The first-order valence-electron chi connectivity index (χ1n) is 11.3. The number of amides is 1. The molecule has 1 aliphatic heterocycles. The Morgan fingerprint density at radius 1 is 1.06 bits per heavy atom. The average molecular weight is 557 g/mol. The molecule has 0 unspecified atom stereocenters. The van der Waals surface area contributed by atoms with Crippen LogP contribution in [0.5, 0.6) is 0 Å². The van der Waals surface area contributed by atoms with E-state index in [0.29, 0.717) is 49.9 Å². The fourth-order valence-corrected chi connectivity index (χ4v) is 4.42. The zero-order valence-electron chi connectivity index (χ0n) is 19.8. The van der Waals surface area contributed by atoms with E-state index in [-0.39, 0.29) is 23.0 Å². The molecule has 0 saturated carbocycles. The van der Waals surface area contributed by atoms with Gasteiger partial charge in [-0.3, -0.25) is 9.69 Å². The molecule has 0 atom stereocenters. The van der Waals surface area contributed by atoms with E-state index in [9.17, 15) is 14.4 Å². The van der Waals surface area contributed by atoms with Crippen molar-refractivity contribution in [3.05, 3.63) is 64.0 Å². The maximum atomic E-state index is 12.9. The lowest BCUT2D eigenvalue weighted by Crippen LogP contribution is -2.37. The molecule has 11 heteroatoms. The van der Waals surface area contributed by atoms with Crippen molar-refractivity contribution < 1.29 is 28.4 Å². The number of rotatable bonds is 7.